The van der Waals surface area contributed by atoms with Crippen molar-refractivity contribution >= 4 is 11.6 Å². The molecule has 19 heavy (non-hydrogen) atoms. The fourth-order valence-electron chi connectivity index (χ4n) is 3.96. The molecule has 100 valence electrons. The molecular formula is C15H20N4. The monoisotopic (exact) mass is 256 g/mol. The second-order valence-electron chi connectivity index (χ2n) is 6.21. The minimum Gasteiger partial charge on any atom is -0.353 e. The Morgan fingerprint density at radius 3 is 3.05 bits per heavy atom. The first-order valence-electron chi connectivity index (χ1n) is 7.35. The molecule has 2 aromatic heterocycles. The van der Waals surface area contributed by atoms with Crippen LogP contribution >= 0.6 is 0 Å². The van der Waals surface area contributed by atoms with E-state index in [0.29, 0.717) is 0 Å². The van der Waals surface area contributed by atoms with E-state index in [1.54, 1.807) is 0 Å². The van der Waals surface area contributed by atoms with Gasteiger partial charge in [0.1, 0.15) is 0 Å². The molecule has 0 saturated heterocycles. The Hall–Kier alpha value is -1.58. The van der Waals surface area contributed by atoms with Crippen molar-refractivity contribution in [1.29, 1.82) is 0 Å². The minimum atomic E-state index is 0.775. The van der Waals surface area contributed by atoms with Crippen molar-refractivity contribution in [3.05, 3.63) is 23.9 Å². The number of aryl methyl sites for hydroxylation is 1. The molecule has 0 spiro atoms. The fraction of sp³-hybridized carbons (Fsp3) is 0.600. The number of aromatic nitrogens is 3. The van der Waals surface area contributed by atoms with Crippen LogP contribution in [0.1, 0.15) is 31.2 Å². The minimum absolute atomic E-state index is 0.775. The summed E-state index contributed by atoms with van der Waals surface area (Å²) >= 11 is 0. The van der Waals surface area contributed by atoms with Crippen molar-refractivity contribution in [3.63, 3.8) is 0 Å². The summed E-state index contributed by atoms with van der Waals surface area (Å²) in [6.07, 6.45) is 7.73. The molecule has 0 aromatic carbocycles. The predicted molar refractivity (Wildman–Crippen MR) is 75.2 cm³/mol. The summed E-state index contributed by atoms with van der Waals surface area (Å²) in [5.74, 6) is 3.58. The molecule has 4 nitrogen and oxygen atoms in total. The smallest absolute Gasteiger partial charge is 0.243 e. The third-order valence-corrected chi connectivity index (χ3v) is 4.96. The molecule has 2 aliphatic rings. The molecule has 2 heterocycles. The predicted octanol–water partition coefficient (Wildman–Crippen LogP) is 2.89. The lowest BCUT2D eigenvalue weighted by molar-refractivity contribution is 0.348. The van der Waals surface area contributed by atoms with E-state index >= 15 is 0 Å². The topological polar surface area (TPSA) is 42.2 Å². The molecule has 2 bridgehead atoms. The van der Waals surface area contributed by atoms with Gasteiger partial charge in [0, 0.05) is 12.7 Å². The number of fused-ring (bicyclic) bond motifs is 3. The Labute approximate surface area is 113 Å². The number of hydrogen-bond acceptors (Lipinski definition) is 3. The van der Waals surface area contributed by atoms with Crippen LogP contribution in [0.4, 0.5) is 5.95 Å². The molecule has 3 unspecified atom stereocenters. The average molecular weight is 256 g/mol. The van der Waals surface area contributed by atoms with Gasteiger partial charge in [-0.2, -0.15) is 4.98 Å². The van der Waals surface area contributed by atoms with Gasteiger partial charge in [-0.05, 0) is 55.6 Å². The van der Waals surface area contributed by atoms with Crippen LogP contribution < -0.4 is 5.32 Å². The van der Waals surface area contributed by atoms with Gasteiger partial charge in [0.25, 0.3) is 0 Å². The van der Waals surface area contributed by atoms with Gasteiger partial charge in [-0.25, -0.2) is 4.52 Å². The first-order valence-corrected chi connectivity index (χ1v) is 7.35. The third-order valence-electron chi connectivity index (χ3n) is 4.96. The van der Waals surface area contributed by atoms with Gasteiger partial charge >= 0.3 is 0 Å². The van der Waals surface area contributed by atoms with Crippen molar-refractivity contribution in [3.8, 4) is 0 Å². The third kappa shape index (κ3) is 1.90. The second kappa shape index (κ2) is 4.22. The summed E-state index contributed by atoms with van der Waals surface area (Å²) in [7, 11) is 0. The van der Waals surface area contributed by atoms with Gasteiger partial charge < -0.3 is 5.32 Å². The quantitative estimate of drug-likeness (QED) is 0.918. The van der Waals surface area contributed by atoms with E-state index < -0.39 is 0 Å². The zero-order chi connectivity index (χ0) is 12.8. The molecule has 4 heteroatoms. The highest BCUT2D eigenvalue weighted by molar-refractivity contribution is 5.49. The van der Waals surface area contributed by atoms with E-state index in [1.807, 2.05) is 16.8 Å². The number of hydrogen-bond donors (Lipinski definition) is 1. The zero-order valence-corrected chi connectivity index (χ0v) is 11.3. The van der Waals surface area contributed by atoms with Gasteiger partial charge in [0.15, 0.2) is 5.65 Å². The van der Waals surface area contributed by atoms with E-state index in [9.17, 15) is 0 Å². The summed E-state index contributed by atoms with van der Waals surface area (Å²) in [5, 5.41) is 7.94. The molecule has 3 atom stereocenters. The van der Waals surface area contributed by atoms with Crippen LogP contribution in [-0.4, -0.2) is 21.1 Å². The first-order chi connectivity index (χ1) is 9.29. The summed E-state index contributed by atoms with van der Waals surface area (Å²) in [4.78, 5) is 4.58. The van der Waals surface area contributed by atoms with Crippen molar-refractivity contribution < 1.29 is 0 Å². The van der Waals surface area contributed by atoms with Crippen LogP contribution in [0.25, 0.3) is 5.65 Å². The maximum absolute atomic E-state index is 4.58. The fourth-order valence-corrected chi connectivity index (χ4v) is 3.96. The molecule has 4 rings (SSSR count). The lowest BCUT2D eigenvalue weighted by Gasteiger charge is -2.21. The van der Waals surface area contributed by atoms with Crippen molar-refractivity contribution in [2.75, 3.05) is 11.9 Å². The molecule has 0 aliphatic heterocycles. The van der Waals surface area contributed by atoms with Crippen LogP contribution in [0.15, 0.2) is 18.3 Å². The summed E-state index contributed by atoms with van der Waals surface area (Å²) in [5.41, 5.74) is 2.13. The Morgan fingerprint density at radius 1 is 1.37 bits per heavy atom. The highest BCUT2D eigenvalue weighted by atomic mass is 15.3. The largest absolute Gasteiger partial charge is 0.353 e. The van der Waals surface area contributed by atoms with Gasteiger partial charge in [-0.1, -0.05) is 12.5 Å². The van der Waals surface area contributed by atoms with Gasteiger partial charge in [0.05, 0.1) is 0 Å². The van der Waals surface area contributed by atoms with Crippen LogP contribution in [0.5, 0.6) is 0 Å². The maximum atomic E-state index is 4.58. The maximum Gasteiger partial charge on any atom is 0.243 e. The van der Waals surface area contributed by atoms with Gasteiger partial charge in [-0.15, -0.1) is 5.10 Å². The SMILES string of the molecule is Cc1cccn2nc(NCC3CC4CCC3C4)nc12. The second-order valence-corrected chi connectivity index (χ2v) is 6.21. The van der Waals surface area contributed by atoms with E-state index in [1.165, 1.54) is 31.2 Å². The Balaban J connectivity index is 1.48. The number of pyridine rings is 1. The van der Waals surface area contributed by atoms with Crippen LogP contribution in [0.3, 0.4) is 0 Å². The summed E-state index contributed by atoms with van der Waals surface area (Å²) < 4.78 is 1.86. The molecule has 2 saturated carbocycles. The summed E-state index contributed by atoms with van der Waals surface area (Å²) in [6, 6.07) is 4.08. The van der Waals surface area contributed by atoms with Crippen LogP contribution in [-0.2, 0) is 0 Å². The van der Waals surface area contributed by atoms with Gasteiger partial charge in [0.2, 0.25) is 5.95 Å². The number of rotatable bonds is 3. The Bertz CT molecular complexity index is 603. The Morgan fingerprint density at radius 2 is 2.32 bits per heavy atom. The van der Waals surface area contributed by atoms with E-state index in [-0.39, 0.29) is 0 Å². The molecular weight excluding hydrogens is 236 g/mol. The molecule has 2 aliphatic carbocycles. The summed E-state index contributed by atoms with van der Waals surface area (Å²) in [6.45, 7) is 3.11. The molecule has 2 fully saturated rings. The highest BCUT2D eigenvalue weighted by Crippen LogP contribution is 2.48. The number of anilines is 1. The molecule has 0 radical (unpaired) electrons. The number of nitrogens with one attached hydrogen (secondary N) is 1. The lowest BCUT2D eigenvalue weighted by atomic mass is 9.89. The molecule has 1 N–H and O–H groups in total. The zero-order valence-electron chi connectivity index (χ0n) is 11.3. The first kappa shape index (κ1) is 11.3. The van der Waals surface area contributed by atoms with Crippen molar-refractivity contribution in [2.24, 2.45) is 17.8 Å². The normalized spacial score (nSPS) is 29.2. The van der Waals surface area contributed by atoms with E-state index in [2.05, 4.69) is 28.4 Å². The van der Waals surface area contributed by atoms with Crippen LogP contribution in [0, 0.1) is 24.7 Å². The van der Waals surface area contributed by atoms with Gasteiger partial charge in [-0.3, -0.25) is 0 Å². The average Bonchev–Trinajstić information content (AvgIpc) is 3.11. The molecule has 0 amide bonds. The van der Waals surface area contributed by atoms with Crippen molar-refractivity contribution in [1.82, 2.24) is 14.6 Å². The van der Waals surface area contributed by atoms with E-state index in [0.717, 1.165) is 35.9 Å². The number of nitrogens with zero attached hydrogens (tertiary/aromatic N) is 3. The Kier molecular flexibility index (Phi) is 2.50. The standard InChI is InChI=1S/C15H20N4/c1-10-3-2-6-19-14(10)17-15(18-19)16-9-13-8-11-4-5-12(13)7-11/h2-3,6,11-13H,4-5,7-9H2,1H3,(H,16,18). The van der Waals surface area contributed by atoms with Crippen molar-refractivity contribution in [2.45, 2.75) is 32.6 Å². The lowest BCUT2D eigenvalue weighted by Crippen LogP contribution is -2.20. The molecule has 2 aromatic rings. The van der Waals surface area contributed by atoms with E-state index in [4.69, 9.17) is 0 Å². The highest BCUT2D eigenvalue weighted by Gasteiger charge is 2.39. The van der Waals surface area contributed by atoms with Crippen LogP contribution in [0.2, 0.25) is 0 Å².